The second-order valence-electron chi connectivity index (χ2n) is 4.80. The second kappa shape index (κ2) is 6.65. The number of pyridine rings is 1. The van der Waals surface area contributed by atoms with Crippen LogP contribution in [0.4, 0.5) is 0 Å². The van der Waals surface area contributed by atoms with Crippen molar-refractivity contribution in [3.63, 3.8) is 0 Å². The topological polar surface area (TPSA) is 79.3 Å². The zero-order chi connectivity index (χ0) is 15.2. The summed E-state index contributed by atoms with van der Waals surface area (Å²) in [5.41, 5.74) is 2.26. The van der Waals surface area contributed by atoms with E-state index in [9.17, 15) is 14.7 Å². The molecule has 0 fully saturated rings. The van der Waals surface area contributed by atoms with Gasteiger partial charge in [-0.25, -0.2) is 4.79 Å². The van der Waals surface area contributed by atoms with Crippen LogP contribution in [0.2, 0.25) is 0 Å². The van der Waals surface area contributed by atoms with Crippen molar-refractivity contribution in [2.45, 2.75) is 19.4 Å². The molecule has 1 amide bonds. The molecule has 0 saturated carbocycles. The fourth-order valence-electron chi connectivity index (χ4n) is 2.01. The molecule has 0 spiro atoms. The maximum absolute atomic E-state index is 12.0. The molecule has 2 aromatic rings. The predicted molar refractivity (Wildman–Crippen MR) is 78.0 cm³/mol. The summed E-state index contributed by atoms with van der Waals surface area (Å²) < 4.78 is 0. The molecular formula is C16H16N2O3. The van der Waals surface area contributed by atoms with Gasteiger partial charge in [0.2, 0.25) is 0 Å². The Morgan fingerprint density at radius 2 is 2.10 bits per heavy atom. The van der Waals surface area contributed by atoms with Crippen LogP contribution < -0.4 is 5.32 Å². The lowest BCUT2D eigenvalue weighted by molar-refractivity contribution is -0.139. The summed E-state index contributed by atoms with van der Waals surface area (Å²) in [6.07, 6.45) is 3.20. The van der Waals surface area contributed by atoms with Crippen molar-refractivity contribution in [2.24, 2.45) is 0 Å². The van der Waals surface area contributed by atoms with E-state index in [1.54, 1.807) is 18.3 Å². The quantitative estimate of drug-likeness (QED) is 0.877. The van der Waals surface area contributed by atoms with Gasteiger partial charge < -0.3 is 10.4 Å². The number of amides is 1. The summed E-state index contributed by atoms with van der Waals surface area (Å²) in [4.78, 5) is 27.2. The number of carbonyl (C=O) groups excluding carboxylic acids is 1. The molecule has 0 aliphatic heterocycles. The number of nitrogens with one attached hydrogen (secondary N) is 1. The first kappa shape index (κ1) is 14.7. The second-order valence-corrected chi connectivity index (χ2v) is 4.80. The van der Waals surface area contributed by atoms with Gasteiger partial charge in [0, 0.05) is 18.8 Å². The first-order chi connectivity index (χ1) is 10.1. The lowest BCUT2D eigenvalue weighted by atomic mass is 10.0. The SMILES string of the molecule is Cc1cccc(C[C@H](NC(=O)c2cccnc2)C(=O)O)c1. The van der Waals surface area contributed by atoms with E-state index in [-0.39, 0.29) is 6.42 Å². The van der Waals surface area contributed by atoms with Gasteiger partial charge >= 0.3 is 5.97 Å². The number of benzene rings is 1. The first-order valence-electron chi connectivity index (χ1n) is 6.55. The maximum Gasteiger partial charge on any atom is 0.326 e. The van der Waals surface area contributed by atoms with Gasteiger partial charge in [0.1, 0.15) is 6.04 Å². The van der Waals surface area contributed by atoms with Crippen LogP contribution in [0, 0.1) is 6.92 Å². The van der Waals surface area contributed by atoms with E-state index >= 15 is 0 Å². The number of aliphatic carboxylic acids is 1. The molecule has 0 saturated heterocycles. The van der Waals surface area contributed by atoms with Gasteiger partial charge in [-0.05, 0) is 24.6 Å². The molecule has 1 heterocycles. The van der Waals surface area contributed by atoms with Gasteiger partial charge in [0.15, 0.2) is 0 Å². The Morgan fingerprint density at radius 3 is 2.71 bits per heavy atom. The standard InChI is InChI=1S/C16H16N2O3/c1-11-4-2-5-12(8-11)9-14(16(20)21)18-15(19)13-6-3-7-17-10-13/h2-8,10,14H,9H2,1H3,(H,18,19)(H,20,21)/t14-/m0/s1. The molecule has 0 aliphatic rings. The fourth-order valence-corrected chi connectivity index (χ4v) is 2.01. The number of nitrogens with zero attached hydrogens (tertiary/aromatic N) is 1. The van der Waals surface area contributed by atoms with E-state index in [4.69, 9.17) is 0 Å². The summed E-state index contributed by atoms with van der Waals surface area (Å²) in [6, 6.07) is 9.81. The van der Waals surface area contributed by atoms with E-state index in [0.717, 1.165) is 11.1 Å². The van der Waals surface area contributed by atoms with Crippen LogP contribution in [-0.4, -0.2) is 28.0 Å². The fraction of sp³-hybridized carbons (Fsp3) is 0.188. The lowest BCUT2D eigenvalue weighted by Crippen LogP contribution is -2.42. The average Bonchev–Trinajstić information content (AvgIpc) is 2.47. The highest BCUT2D eigenvalue weighted by molar-refractivity contribution is 5.96. The number of aromatic nitrogens is 1. The Bertz CT molecular complexity index is 641. The molecule has 0 unspecified atom stereocenters. The van der Waals surface area contributed by atoms with Crippen LogP contribution in [0.25, 0.3) is 0 Å². The lowest BCUT2D eigenvalue weighted by Gasteiger charge is -2.15. The number of carbonyl (C=O) groups is 2. The molecule has 2 rings (SSSR count). The van der Waals surface area contributed by atoms with Crippen LogP contribution in [-0.2, 0) is 11.2 Å². The van der Waals surface area contributed by atoms with Crippen LogP contribution in [0.3, 0.4) is 0 Å². The molecule has 5 heteroatoms. The third kappa shape index (κ3) is 4.14. The van der Waals surface area contributed by atoms with E-state index in [1.807, 2.05) is 31.2 Å². The Balaban J connectivity index is 2.09. The average molecular weight is 284 g/mol. The monoisotopic (exact) mass is 284 g/mol. The van der Waals surface area contributed by atoms with Crippen molar-refractivity contribution in [2.75, 3.05) is 0 Å². The van der Waals surface area contributed by atoms with E-state index in [2.05, 4.69) is 10.3 Å². The number of hydrogen-bond donors (Lipinski definition) is 2. The van der Waals surface area contributed by atoms with Crippen LogP contribution in [0.1, 0.15) is 21.5 Å². The van der Waals surface area contributed by atoms with Crippen molar-refractivity contribution >= 4 is 11.9 Å². The Morgan fingerprint density at radius 1 is 1.29 bits per heavy atom. The predicted octanol–water partition coefficient (Wildman–Crippen LogP) is 1.82. The molecule has 5 nitrogen and oxygen atoms in total. The molecular weight excluding hydrogens is 268 g/mol. The van der Waals surface area contributed by atoms with Crippen molar-refractivity contribution in [3.8, 4) is 0 Å². The largest absolute Gasteiger partial charge is 0.480 e. The number of carboxylic acid groups (broad SMARTS) is 1. The summed E-state index contributed by atoms with van der Waals surface area (Å²) in [6.45, 7) is 1.94. The van der Waals surface area contributed by atoms with Gasteiger partial charge in [-0.1, -0.05) is 29.8 Å². The summed E-state index contributed by atoms with van der Waals surface area (Å²) >= 11 is 0. The van der Waals surface area contributed by atoms with Crippen LogP contribution in [0.15, 0.2) is 48.8 Å². The summed E-state index contributed by atoms with van der Waals surface area (Å²) in [5, 5.41) is 11.8. The van der Waals surface area contributed by atoms with Gasteiger partial charge in [0.05, 0.1) is 5.56 Å². The number of aryl methyl sites for hydroxylation is 1. The van der Waals surface area contributed by atoms with Crippen molar-refractivity contribution in [3.05, 3.63) is 65.5 Å². The smallest absolute Gasteiger partial charge is 0.326 e. The third-order valence-electron chi connectivity index (χ3n) is 3.05. The highest BCUT2D eigenvalue weighted by Crippen LogP contribution is 2.08. The minimum Gasteiger partial charge on any atom is -0.480 e. The van der Waals surface area contributed by atoms with E-state index in [0.29, 0.717) is 5.56 Å². The van der Waals surface area contributed by atoms with Crippen LogP contribution >= 0.6 is 0 Å². The molecule has 0 radical (unpaired) electrons. The van der Waals surface area contributed by atoms with E-state index < -0.39 is 17.9 Å². The molecule has 108 valence electrons. The normalized spacial score (nSPS) is 11.7. The van der Waals surface area contributed by atoms with Gasteiger partial charge in [-0.15, -0.1) is 0 Å². The highest BCUT2D eigenvalue weighted by atomic mass is 16.4. The van der Waals surface area contributed by atoms with Crippen molar-refractivity contribution < 1.29 is 14.7 Å². The highest BCUT2D eigenvalue weighted by Gasteiger charge is 2.21. The molecule has 2 N–H and O–H groups in total. The minimum absolute atomic E-state index is 0.239. The number of carboxylic acids is 1. The summed E-state index contributed by atoms with van der Waals surface area (Å²) in [5.74, 6) is -1.50. The Hall–Kier alpha value is -2.69. The van der Waals surface area contributed by atoms with Gasteiger partial charge in [-0.2, -0.15) is 0 Å². The molecule has 0 bridgehead atoms. The van der Waals surface area contributed by atoms with Crippen molar-refractivity contribution in [1.82, 2.24) is 10.3 Å². The van der Waals surface area contributed by atoms with Gasteiger partial charge in [-0.3, -0.25) is 9.78 Å². The van der Waals surface area contributed by atoms with Gasteiger partial charge in [0.25, 0.3) is 5.91 Å². The summed E-state index contributed by atoms with van der Waals surface area (Å²) in [7, 11) is 0. The maximum atomic E-state index is 12.0. The Labute approximate surface area is 122 Å². The minimum atomic E-state index is -1.06. The molecule has 1 atom stereocenters. The van der Waals surface area contributed by atoms with E-state index in [1.165, 1.54) is 6.20 Å². The molecule has 1 aromatic carbocycles. The van der Waals surface area contributed by atoms with Crippen LogP contribution in [0.5, 0.6) is 0 Å². The molecule has 0 aliphatic carbocycles. The Kier molecular flexibility index (Phi) is 4.66. The molecule has 21 heavy (non-hydrogen) atoms. The number of hydrogen-bond acceptors (Lipinski definition) is 3. The third-order valence-corrected chi connectivity index (χ3v) is 3.05. The first-order valence-corrected chi connectivity index (χ1v) is 6.55. The zero-order valence-corrected chi connectivity index (χ0v) is 11.6. The molecule has 1 aromatic heterocycles. The zero-order valence-electron chi connectivity index (χ0n) is 11.6. The van der Waals surface area contributed by atoms with Crippen molar-refractivity contribution in [1.29, 1.82) is 0 Å². The number of rotatable bonds is 5.